The van der Waals surface area contributed by atoms with Gasteiger partial charge in [-0.25, -0.2) is 14.4 Å². The van der Waals surface area contributed by atoms with E-state index in [1.54, 1.807) is 36.5 Å². The van der Waals surface area contributed by atoms with Crippen molar-refractivity contribution in [2.45, 2.75) is 19.9 Å². The normalized spacial score (nSPS) is 11.3. The van der Waals surface area contributed by atoms with E-state index in [1.165, 1.54) is 6.07 Å². The van der Waals surface area contributed by atoms with Crippen LogP contribution in [0.2, 0.25) is 0 Å². The summed E-state index contributed by atoms with van der Waals surface area (Å²) < 4.78 is 21.4. The van der Waals surface area contributed by atoms with Gasteiger partial charge in [-0.2, -0.15) is 0 Å². The van der Waals surface area contributed by atoms with Crippen molar-refractivity contribution in [1.29, 1.82) is 0 Å². The van der Waals surface area contributed by atoms with Crippen molar-refractivity contribution < 1.29 is 9.13 Å². The van der Waals surface area contributed by atoms with Crippen LogP contribution in [0.5, 0.6) is 5.75 Å². The Morgan fingerprint density at radius 3 is 2.79 bits per heavy atom. The minimum absolute atomic E-state index is 0.301. The number of nitrogens with one attached hydrogen (secondary N) is 2. The number of nitrogens with zero attached hydrogens (tertiary/aromatic N) is 3. The molecule has 0 spiro atoms. The fourth-order valence-corrected chi connectivity index (χ4v) is 3.00. The smallest absolute Gasteiger partial charge is 0.191 e. The fraction of sp³-hybridized carbons (Fsp3) is 0.273. The van der Waals surface area contributed by atoms with Crippen LogP contribution in [0, 0.1) is 5.82 Å². The number of halogens is 1. The number of hydrogen-bond donors (Lipinski definition) is 2. The summed E-state index contributed by atoms with van der Waals surface area (Å²) in [5.41, 5.74) is 2.40. The van der Waals surface area contributed by atoms with E-state index < -0.39 is 0 Å². The van der Waals surface area contributed by atoms with E-state index in [4.69, 9.17) is 4.74 Å². The Morgan fingerprint density at radius 2 is 2.07 bits per heavy atom. The van der Waals surface area contributed by atoms with E-state index in [-0.39, 0.29) is 5.82 Å². The zero-order chi connectivity index (χ0) is 20.5. The van der Waals surface area contributed by atoms with Gasteiger partial charge in [-0.05, 0) is 42.7 Å². The van der Waals surface area contributed by atoms with Gasteiger partial charge in [0.2, 0.25) is 0 Å². The number of guanidine groups is 1. The van der Waals surface area contributed by atoms with E-state index in [0.29, 0.717) is 24.7 Å². The highest BCUT2D eigenvalue weighted by molar-refractivity contribution is 5.79. The Balaban J connectivity index is 1.61. The summed E-state index contributed by atoms with van der Waals surface area (Å²) in [6.45, 7) is 3.84. The summed E-state index contributed by atoms with van der Waals surface area (Å²) >= 11 is 0. The molecule has 6 nitrogen and oxygen atoms in total. The second-order valence-corrected chi connectivity index (χ2v) is 6.44. The van der Waals surface area contributed by atoms with Crippen molar-refractivity contribution >= 4 is 5.96 Å². The summed E-state index contributed by atoms with van der Waals surface area (Å²) in [4.78, 5) is 8.52. The second kappa shape index (κ2) is 10.3. The molecule has 0 bridgehead atoms. The number of rotatable bonds is 8. The maximum atomic E-state index is 14.4. The average Bonchev–Trinajstić information content (AvgIpc) is 3.27. The van der Waals surface area contributed by atoms with Crippen molar-refractivity contribution in [2.24, 2.45) is 4.99 Å². The first kappa shape index (κ1) is 20.4. The van der Waals surface area contributed by atoms with Crippen molar-refractivity contribution in [2.75, 3.05) is 20.2 Å². The predicted molar refractivity (Wildman–Crippen MR) is 113 cm³/mol. The molecule has 0 atom stereocenters. The molecule has 1 heterocycles. The van der Waals surface area contributed by atoms with Crippen LogP contribution in [-0.2, 0) is 13.0 Å². The highest BCUT2D eigenvalue weighted by Crippen LogP contribution is 2.17. The molecule has 0 aliphatic heterocycles. The first-order valence-corrected chi connectivity index (χ1v) is 9.62. The first-order chi connectivity index (χ1) is 14.2. The number of aromatic nitrogens is 2. The van der Waals surface area contributed by atoms with Gasteiger partial charge in [0.15, 0.2) is 5.96 Å². The van der Waals surface area contributed by atoms with Gasteiger partial charge in [-0.3, -0.25) is 0 Å². The Morgan fingerprint density at radius 1 is 1.21 bits per heavy atom. The summed E-state index contributed by atoms with van der Waals surface area (Å²) in [6.07, 6.45) is 5.72. The zero-order valence-corrected chi connectivity index (χ0v) is 16.7. The molecule has 2 N–H and O–H groups in total. The molecule has 1 aromatic heterocycles. The number of ether oxygens (including phenoxy) is 1. The van der Waals surface area contributed by atoms with Gasteiger partial charge >= 0.3 is 0 Å². The monoisotopic (exact) mass is 395 g/mol. The topological polar surface area (TPSA) is 63.5 Å². The third-order valence-corrected chi connectivity index (χ3v) is 4.44. The Labute approximate surface area is 170 Å². The van der Waals surface area contributed by atoms with E-state index in [2.05, 4.69) is 26.7 Å². The van der Waals surface area contributed by atoms with Crippen LogP contribution in [-0.4, -0.2) is 35.7 Å². The highest BCUT2D eigenvalue weighted by Gasteiger charge is 2.06. The molecule has 7 heteroatoms. The van der Waals surface area contributed by atoms with Gasteiger partial charge in [0.1, 0.15) is 11.6 Å². The van der Waals surface area contributed by atoms with Crippen LogP contribution in [0.1, 0.15) is 18.1 Å². The fourth-order valence-electron chi connectivity index (χ4n) is 3.00. The molecule has 3 rings (SSSR count). The van der Waals surface area contributed by atoms with Crippen LogP contribution < -0.4 is 15.4 Å². The van der Waals surface area contributed by atoms with E-state index in [9.17, 15) is 4.39 Å². The van der Waals surface area contributed by atoms with Crippen molar-refractivity contribution in [3.8, 4) is 11.4 Å². The zero-order valence-electron chi connectivity index (χ0n) is 16.7. The summed E-state index contributed by atoms with van der Waals surface area (Å²) in [5.74, 6) is 1.27. The molecule has 0 aliphatic rings. The molecule has 29 heavy (non-hydrogen) atoms. The first-order valence-electron chi connectivity index (χ1n) is 9.62. The molecule has 0 fully saturated rings. The molecular formula is C22H26FN5O. The molecule has 0 unspecified atom stereocenters. The molecule has 3 aromatic rings. The predicted octanol–water partition coefficient (Wildman–Crippen LogP) is 3.32. The van der Waals surface area contributed by atoms with Gasteiger partial charge in [-0.1, -0.05) is 24.3 Å². The highest BCUT2D eigenvalue weighted by atomic mass is 19.1. The lowest BCUT2D eigenvalue weighted by molar-refractivity contribution is 0.409. The van der Waals surface area contributed by atoms with Gasteiger partial charge in [0.25, 0.3) is 0 Å². The molecular weight excluding hydrogens is 369 g/mol. The summed E-state index contributed by atoms with van der Waals surface area (Å²) in [5, 5.41) is 6.53. The number of hydrogen-bond acceptors (Lipinski definition) is 3. The maximum absolute atomic E-state index is 14.4. The van der Waals surface area contributed by atoms with Crippen molar-refractivity contribution in [3.63, 3.8) is 0 Å². The number of para-hydroxylation sites is 1. The minimum Gasteiger partial charge on any atom is -0.496 e. The lowest BCUT2D eigenvalue weighted by Crippen LogP contribution is -2.38. The summed E-state index contributed by atoms with van der Waals surface area (Å²) in [7, 11) is 1.68. The Bertz CT molecular complexity index is 940. The number of imidazole rings is 1. The van der Waals surface area contributed by atoms with E-state index >= 15 is 0 Å². The van der Waals surface area contributed by atoms with Crippen LogP contribution in [0.4, 0.5) is 4.39 Å². The largest absolute Gasteiger partial charge is 0.496 e. The standard InChI is InChI=1S/C22H26FN5O/c1-3-25-22(26-11-10-18-6-4-5-7-21(18)29-2)27-15-17-8-9-20(19(23)14-17)28-13-12-24-16-28/h4-9,12-14,16H,3,10-11,15H2,1-2H3,(H2,25,26,27). The van der Waals surface area contributed by atoms with Crippen molar-refractivity contribution in [1.82, 2.24) is 20.2 Å². The lowest BCUT2D eigenvalue weighted by atomic mass is 10.1. The summed E-state index contributed by atoms with van der Waals surface area (Å²) in [6, 6.07) is 13.1. The van der Waals surface area contributed by atoms with Gasteiger partial charge in [-0.15, -0.1) is 0 Å². The third kappa shape index (κ3) is 5.57. The Hall–Kier alpha value is -3.35. The van der Waals surface area contributed by atoms with E-state index in [0.717, 1.165) is 29.8 Å². The Kier molecular flexibility index (Phi) is 7.22. The van der Waals surface area contributed by atoms with Crippen LogP contribution in [0.25, 0.3) is 5.69 Å². The number of aliphatic imine (C=N–C) groups is 1. The molecule has 0 saturated heterocycles. The molecule has 0 amide bonds. The van der Waals surface area contributed by atoms with Crippen LogP contribution in [0.3, 0.4) is 0 Å². The quantitative estimate of drug-likeness (QED) is 0.454. The SMILES string of the molecule is CCNC(=NCc1ccc(-n2ccnc2)c(F)c1)NCCc1ccccc1OC. The van der Waals surface area contributed by atoms with Crippen molar-refractivity contribution in [3.05, 3.63) is 78.1 Å². The maximum Gasteiger partial charge on any atom is 0.191 e. The molecule has 0 aliphatic carbocycles. The molecule has 0 saturated carbocycles. The number of benzene rings is 2. The molecule has 152 valence electrons. The van der Waals surface area contributed by atoms with Gasteiger partial charge < -0.3 is 19.9 Å². The van der Waals surface area contributed by atoms with Gasteiger partial charge in [0.05, 0.1) is 25.7 Å². The minimum atomic E-state index is -0.301. The van der Waals surface area contributed by atoms with Crippen LogP contribution in [0.15, 0.2) is 66.2 Å². The third-order valence-electron chi connectivity index (χ3n) is 4.44. The molecule has 0 radical (unpaired) electrons. The van der Waals surface area contributed by atoms with E-state index in [1.807, 2.05) is 31.2 Å². The second-order valence-electron chi connectivity index (χ2n) is 6.44. The lowest BCUT2D eigenvalue weighted by Gasteiger charge is -2.13. The van der Waals surface area contributed by atoms with Crippen LogP contribution >= 0.6 is 0 Å². The van der Waals surface area contributed by atoms with Gasteiger partial charge in [0, 0.05) is 25.5 Å². The molecule has 2 aromatic carbocycles. The number of methoxy groups -OCH3 is 1. The average molecular weight is 395 g/mol.